The Morgan fingerprint density at radius 3 is 2.46 bits per heavy atom. The van der Waals surface area contributed by atoms with E-state index in [2.05, 4.69) is 5.32 Å². The zero-order valence-corrected chi connectivity index (χ0v) is 21.1. The molecule has 10 heteroatoms. The number of carboxylic acid groups (broad SMARTS) is 1. The molecule has 1 aliphatic rings. The summed E-state index contributed by atoms with van der Waals surface area (Å²) >= 11 is 1.15. The third-order valence-electron chi connectivity index (χ3n) is 4.87. The maximum Gasteiger partial charge on any atom is 0.408 e. The van der Waals surface area contributed by atoms with Gasteiger partial charge in [-0.25, -0.2) is 14.0 Å². The van der Waals surface area contributed by atoms with Gasteiger partial charge in [0.15, 0.2) is 0 Å². The quantitative estimate of drug-likeness (QED) is 0.580. The van der Waals surface area contributed by atoms with Crippen molar-refractivity contribution in [2.24, 2.45) is 0 Å². The maximum absolute atomic E-state index is 14.5. The zero-order valence-electron chi connectivity index (χ0n) is 20.3. The van der Waals surface area contributed by atoms with E-state index in [1.807, 2.05) is 13.8 Å². The molecule has 1 heterocycles. The molecule has 2 aromatic carbocycles. The van der Waals surface area contributed by atoms with Crippen LogP contribution in [0, 0.1) is 5.82 Å². The van der Waals surface area contributed by atoms with Gasteiger partial charge in [0.05, 0.1) is 23.9 Å². The zero-order chi connectivity index (χ0) is 25.9. The predicted molar refractivity (Wildman–Crippen MR) is 131 cm³/mol. The van der Waals surface area contributed by atoms with Crippen molar-refractivity contribution in [2.45, 2.75) is 63.8 Å². The summed E-state index contributed by atoms with van der Waals surface area (Å²) in [6.45, 7) is 9.03. The summed E-state index contributed by atoms with van der Waals surface area (Å²) in [5, 5.41) is 12.0. The monoisotopic (exact) mass is 504 g/mol. The van der Waals surface area contributed by atoms with E-state index in [-0.39, 0.29) is 24.1 Å². The van der Waals surface area contributed by atoms with E-state index < -0.39 is 41.0 Å². The summed E-state index contributed by atoms with van der Waals surface area (Å²) in [5.74, 6) is -2.01. The van der Waals surface area contributed by atoms with Crippen molar-refractivity contribution in [1.29, 1.82) is 0 Å². The molecule has 0 radical (unpaired) electrons. The van der Waals surface area contributed by atoms with Gasteiger partial charge >= 0.3 is 12.1 Å². The number of benzene rings is 2. The first kappa shape index (κ1) is 26.3. The van der Waals surface area contributed by atoms with Crippen LogP contribution in [0.1, 0.15) is 50.5 Å². The van der Waals surface area contributed by atoms with E-state index in [1.165, 1.54) is 4.90 Å². The minimum Gasteiger partial charge on any atom is -0.491 e. The molecule has 0 aromatic heterocycles. The Kier molecular flexibility index (Phi) is 7.94. The molecule has 2 amide bonds. The van der Waals surface area contributed by atoms with Crippen LogP contribution < -0.4 is 15.0 Å². The van der Waals surface area contributed by atoms with Gasteiger partial charge in [-0.3, -0.25) is 4.79 Å². The molecule has 0 aliphatic carbocycles. The van der Waals surface area contributed by atoms with Gasteiger partial charge in [0.1, 0.15) is 23.2 Å². The van der Waals surface area contributed by atoms with Gasteiger partial charge in [-0.2, -0.15) is 0 Å². The molecule has 0 bridgehead atoms. The smallest absolute Gasteiger partial charge is 0.408 e. The topological polar surface area (TPSA) is 105 Å². The Hall–Kier alpha value is -3.27. The number of hydrogen-bond acceptors (Lipinski definition) is 6. The van der Waals surface area contributed by atoms with E-state index in [0.717, 1.165) is 29.5 Å². The summed E-state index contributed by atoms with van der Waals surface area (Å²) in [5.41, 5.74) is -0.298. The van der Waals surface area contributed by atoms with Gasteiger partial charge in [0.2, 0.25) is 0 Å². The first-order valence-corrected chi connectivity index (χ1v) is 12.1. The van der Waals surface area contributed by atoms with E-state index in [1.54, 1.807) is 45.0 Å². The highest BCUT2D eigenvalue weighted by molar-refractivity contribution is 7.99. The number of hydrogen-bond donors (Lipinski definition) is 2. The summed E-state index contributed by atoms with van der Waals surface area (Å²) in [6.07, 6.45) is -0.754. The fourth-order valence-corrected chi connectivity index (χ4v) is 4.51. The molecule has 0 saturated heterocycles. The van der Waals surface area contributed by atoms with Crippen LogP contribution >= 0.6 is 11.8 Å². The molecule has 35 heavy (non-hydrogen) atoms. The van der Waals surface area contributed by atoms with E-state index in [4.69, 9.17) is 9.47 Å². The summed E-state index contributed by atoms with van der Waals surface area (Å²) < 4.78 is 25.4. The molecule has 1 atom stereocenters. The Morgan fingerprint density at radius 2 is 1.89 bits per heavy atom. The van der Waals surface area contributed by atoms with Crippen molar-refractivity contribution >= 4 is 35.4 Å². The van der Waals surface area contributed by atoms with Crippen LogP contribution in [-0.2, 0) is 16.1 Å². The average molecular weight is 505 g/mol. The highest BCUT2D eigenvalue weighted by Crippen LogP contribution is 2.37. The Bertz CT molecular complexity index is 1110. The molecule has 3 rings (SSSR count). The molecule has 8 nitrogen and oxygen atoms in total. The van der Waals surface area contributed by atoms with E-state index in [0.29, 0.717) is 10.6 Å². The molecule has 0 unspecified atom stereocenters. The number of thioether (sulfide) groups is 1. The number of ether oxygens (including phenoxy) is 2. The highest BCUT2D eigenvalue weighted by Gasteiger charge is 2.34. The molecule has 0 saturated carbocycles. The standard InChI is InChI=1S/C25H29FN2O6S/c1-14(2)33-16-8-6-15(7-9-16)12-28-20-10-17(23(30)31)18(26)11-21(20)35-13-19(22(28)29)27-24(32)34-25(3,4)5/h6-11,14,19H,12-13H2,1-5H3,(H,27,32)(H,30,31)/t19-/m0/s1. The Labute approximate surface area is 207 Å². The van der Waals surface area contributed by atoms with Crippen molar-refractivity contribution in [3.63, 3.8) is 0 Å². The molecule has 2 aromatic rings. The summed E-state index contributed by atoms with van der Waals surface area (Å²) in [6, 6.07) is 8.43. The number of rotatable bonds is 6. The number of fused-ring (bicyclic) bond motifs is 1. The molecular weight excluding hydrogens is 475 g/mol. The number of nitrogens with one attached hydrogen (secondary N) is 1. The lowest BCUT2D eigenvalue weighted by atomic mass is 10.1. The number of carbonyl (C=O) groups excluding carboxylic acids is 2. The van der Waals surface area contributed by atoms with Crippen LogP contribution in [0.3, 0.4) is 0 Å². The van der Waals surface area contributed by atoms with Crippen molar-refractivity contribution in [3.8, 4) is 5.75 Å². The van der Waals surface area contributed by atoms with Gasteiger partial charge in [0.25, 0.3) is 5.91 Å². The lowest BCUT2D eigenvalue weighted by Crippen LogP contribution is -2.50. The molecule has 0 spiro atoms. The average Bonchev–Trinajstić information content (AvgIpc) is 2.84. The number of aromatic carboxylic acids is 1. The summed E-state index contributed by atoms with van der Waals surface area (Å²) in [7, 11) is 0. The first-order valence-electron chi connectivity index (χ1n) is 11.1. The maximum atomic E-state index is 14.5. The number of carbonyl (C=O) groups is 3. The number of anilines is 1. The minimum atomic E-state index is -1.44. The summed E-state index contributed by atoms with van der Waals surface area (Å²) in [4.78, 5) is 39.3. The number of amides is 2. The van der Waals surface area contributed by atoms with Crippen molar-refractivity contribution in [3.05, 3.63) is 53.3 Å². The van der Waals surface area contributed by atoms with Gasteiger partial charge < -0.3 is 24.8 Å². The predicted octanol–water partition coefficient (Wildman–Crippen LogP) is 4.84. The largest absolute Gasteiger partial charge is 0.491 e. The fraction of sp³-hybridized carbons (Fsp3) is 0.400. The molecule has 0 fully saturated rings. The van der Waals surface area contributed by atoms with Crippen LogP contribution in [0.2, 0.25) is 0 Å². The SMILES string of the molecule is CC(C)Oc1ccc(CN2C(=O)[C@@H](NC(=O)OC(C)(C)C)CSc3cc(F)c(C(=O)O)cc32)cc1. The van der Waals surface area contributed by atoms with Crippen LogP contribution in [0.5, 0.6) is 5.75 Å². The Balaban J connectivity index is 1.97. The molecular formula is C25H29FN2O6S. The lowest BCUT2D eigenvalue weighted by molar-refractivity contribution is -0.120. The van der Waals surface area contributed by atoms with Crippen molar-refractivity contribution in [1.82, 2.24) is 5.32 Å². The normalized spacial score (nSPS) is 15.9. The minimum absolute atomic E-state index is 0.000888. The molecule has 188 valence electrons. The van der Waals surface area contributed by atoms with E-state index >= 15 is 0 Å². The Morgan fingerprint density at radius 1 is 1.23 bits per heavy atom. The van der Waals surface area contributed by atoms with Gasteiger partial charge in [-0.05, 0) is 64.4 Å². The molecule has 2 N–H and O–H groups in total. The third kappa shape index (κ3) is 6.88. The second kappa shape index (κ2) is 10.6. The molecule has 1 aliphatic heterocycles. The van der Waals surface area contributed by atoms with Gasteiger partial charge in [-0.1, -0.05) is 12.1 Å². The van der Waals surface area contributed by atoms with Crippen LogP contribution in [0.25, 0.3) is 0 Å². The number of nitrogens with zero attached hydrogens (tertiary/aromatic N) is 1. The second-order valence-corrected chi connectivity index (χ2v) is 10.4. The number of carboxylic acids is 1. The third-order valence-corrected chi connectivity index (χ3v) is 6.00. The first-order chi connectivity index (χ1) is 16.3. The number of alkyl carbamates (subject to hydrolysis) is 1. The van der Waals surface area contributed by atoms with Crippen molar-refractivity contribution in [2.75, 3.05) is 10.7 Å². The highest BCUT2D eigenvalue weighted by atomic mass is 32.2. The van der Waals surface area contributed by atoms with Crippen LogP contribution in [0.4, 0.5) is 14.9 Å². The van der Waals surface area contributed by atoms with Gasteiger partial charge in [-0.15, -0.1) is 11.8 Å². The second-order valence-electron chi connectivity index (χ2n) is 9.35. The fourth-order valence-electron chi connectivity index (χ4n) is 3.43. The van der Waals surface area contributed by atoms with E-state index in [9.17, 15) is 23.9 Å². The number of halogens is 1. The van der Waals surface area contributed by atoms with Gasteiger partial charge in [0, 0.05) is 10.6 Å². The van der Waals surface area contributed by atoms with Crippen LogP contribution in [-0.4, -0.2) is 46.6 Å². The lowest BCUT2D eigenvalue weighted by Gasteiger charge is -2.27. The van der Waals surface area contributed by atoms with Crippen LogP contribution in [0.15, 0.2) is 41.3 Å². The van der Waals surface area contributed by atoms with Crippen molar-refractivity contribution < 1.29 is 33.4 Å².